The molecule has 1 aromatic carbocycles. The average molecular weight is 441 g/mol. The van der Waals surface area contributed by atoms with Gasteiger partial charge in [-0.05, 0) is 37.2 Å². The van der Waals surface area contributed by atoms with Gasteiger partial charge in [-0.3, -0.25) is 10.1 Å². The van der Waals surface area contributed by atoms with Crippen LogP contribution >= 0.6 is 11.6 Å². The van der Waals surface area contributed by atoms with E-state index >= 15 is 0 Å². The molecule has 0 spiro atoms. The second kappa shape index (κ2) is 7.86. The highest BCUT2D eigenvalue weighted by Gasteiger charge is 2.21. The number of aromatic amines is 1. The number of nitrogens with zero attached hydrogens (tertiary/aromatic N) is 4. The molecule has 5 rings (SSSR count). The van der Waals surface area contributed by atoms with Crippen molar-refractivity contribution in [2.24, 2.45) is 0 Å². The Kier molecular flexibility index (Phi) is 5.03. The van der Waals surface area contributed by atoms with E-state index in [4.69, 9.17) is 16.6 Å². The molecule has 1 aliphatic rings. The van der Waals surface area contributed by atoms with Gasteiger partial charge in [-0.15, -0.1) is 0 Å². The minimum atomic E-state index is -0.816. The predicted octanol–water partition coefficient (Wildman–Crippen LogP) is 4.42. The Bertz CT molecular complexity index is 1270. The molecule has 0 radical (unpaired) electrons. The van der Waals surface area contributed by atoms with Crippen LogP contribution < -0.4 is 10.2 Å². The zero-order chi connectivity index (χ0) is 21.5. The van der Waals surface area contributed by atoms with Crippen LogP contribution in [0, 0.1) is 11.6 Å². The van der Waals surface area contributed by atoms with E-state index in [1.165, 1.54) is 6.07 Å². The van der Waals surface area contributed by atoms with Gasteiger partial charge in [0.1, 0.15) is 17.3 Å². The number of likely N-dealkylation sites (N-methyl/N-ethyl adjacent to an activating group) is 1. The maximum atomic E-state index is 14.4. The molecule has 4 aromatic rings. The van der Waals surface area contributed by atoms with Crippen LogP contribution in [0.25, 0.3) is 33.5 Å². The molecule has 31 heavy (non-hydrogen) atoms. The maximum absolute atomic E-state index is 14.4. The number of fused-ring (bicyclic) bond motifs is 1. The summed E-state index contributed by atoms with van der Waals surface area (Å²) in [7, 11) is 2.06. The summed E-state index contributed by atoms with van der Waals surface area (Å²) in [5.74, 6) is -1.56. The molecular weight excluding hydrogens is 422 g/mol. The smallest absolute Gasteiger partial charge is 0.144 e. The summed E-state index contributed by atoms with van der Waals surface area (Å²) in [6.45, 7) is 1.94. The predicted molar refractivity (Wildman–Crippen MR) is 117 cm³/mol. The highest BCUT2D eigenvalue weighted by Crippen LogP contribution is 2.34. The number of benzene rings is 1. The molecule has 158 valence electrons. The number of pyridine rings is 2. The fourth-order valence-corrected chi connectivity index (χ4v) is 4.08. The molecule has 3 aromatic heterocycles. The van der Waals surface area contributed by atoms with Crippen molar-refractivity contribution >= 4 is 28.3 Å². The Morgan fingerprint density at radius 2 is 1.97 bits per heavy atom. The van der Waals surface area contributed by atoms with Gasteiger partial charge < -0.3 is 10.2 Å². The topological polar surface area (TPSA) is 69.7 Å². The normalized spacial score (nSPS) is 16.2. The van der Waals surface area contributed by atoms with Crippen molar-refractivity contribution < 1.29 is 8.78 Å². The number of aromatic nitrogens is 4. The minimum Gasteiger partial charge on any atom is -0.369 e. The van der Waals surface area contributed by atoms with Crippen LogP contribution in [-0.2, 0) is 0 Å². The van der Waals surface area contributed by atoms with Crippen LogP contribution in [0.2, 0.25) is 5.02 Å². The number of rotatable bonds is 4. The van der Waals surface area contributed by atoms with Crippen molar-refractivity contribution in [3.8, 4) is 22.5 Å². The zero-order valence-corrected chi connectivity index (χ0v) is 17.4. The van der Waals surface area contributed by atoms with E-state index in [1.54, 1.807) is 12.3 Å². The van der Waals surface area contributed by atoms with Crippen molar-refractivity contribution in [3.05, 3.63) is 59.4 Å². The molecule has 0 unspecified atom stereocenters. The number of halogens is 3. The number of H-pyrrole nitrogens is 1. The molecule has 0 aliphatic carbocycles. The van der Waals surface area contributed by atoms with Crippen LogP contribution in [0.3, 0.4) is 0 Å². The van der Waals surface area contributed by atoms with Crippen molar-refractivity contribution in [2.45, 2.75) is 12.5 Å². The lowest BCUT2D eigenvalue weighted by Gasteiger charge is -2.25. The lowest BCUT2D eigenvalue weighted by molar-refractivity contribution is 0.585. The van der Waals surface area contributed by atoms with Gasteiger partial charge in [0.05, 0.1) is 33.6 Å². The van der Waals surface area contributed by atoms with Crippen LogP contribution in [0.1, 0.15) is 6.42 Å². The number of nitrogens with one attached hydrogen (secondary N) is 2. The van der Waals surface area contributed by atoms with Gasteiger partial charge in [0, 0.05) is 43.0 Å². The summed E-state index contributed by atoms with van der Waals surface area (Å²) >= 11 is 5.87. The van der Waals surface area contributed by atoms with Gasteiger partial charge in [0.15, 0.2) is 0 Å². The molecule has 6 nitrogen and oxygen atoms in total. The van der Waals surface area contributed by atoms with Crippen LogP contribution in [0.15, 0.2) is 42.7 Å². The highest BCUT2D eigenvalue weighted by atomic mass is 35.5. The molecule has 1 fully saturated rings. The van der Waals surface area contributed by atoms with E-state index in [1.807, 2.05) is 18.3 Å². The fourth-order valence-electron chi connectivity index (χ4n) is 3.91. The van der Waals surface area contributed by atoms with Crippen LogP contribution in [0.4, 0.5) is 14.5 Å². The first kappa shape index (κ1) is 19.8. The van der Waals surface area contributed by atoms with E-state index < -0.39 is 11.6 Å². The van der Waals surface area contributed by atoms with Gasteiger partial charge in [0.25, 0.3) is 0 Å². The summed E-state index contributed by atoms with van der Waals surface area (Å²) < 4.78 is 28.0. The maximum Gasteiger partial charge on any atom is 0.144 e. The zero-order valence-electron chi connectivity index (χ0n) is 16.7. The molecule has 1 saturated heterocycles. The summed E-state index contributed by atoms with van der Waals surface area (Å²) in [5, 5.41) is 10.1. The molecular formula is C22H19ClF2N6. The Morgan fingerprint density at radius 1 is 1.10 bits per heavy atom. The summed E-state index contributed by atoms with van der Waals surface area (Å²) in [6.07, 6.45) is 4.56. The van der Waals surface area contributed by atoms with Crippen molar-refractivity contribution in [3.63, 3.8) is 0 Å². The average Bonchev–Trinajstić information content (AvgIpc) is 3.47. The second-order valence-corrected chi connectivity index (χ2v) is 7.99. The number of hydrogen-bond donors (Lipinski definition) is 2. The highest BCUT2D eigenvalue weighted by molar-refractivity contribution is 6.31. The SMILES string of the molecule is CN(c1cnc2ccc(-c3c[nH]nc3-c3cc(Cl)c(F)cc3F)nc2c1)[C@@H]1CCNC1. The molecule has 0 bridgehead atoms. The van der Waals surface area contributed by atoms with Crippen molar-refractivity contribution in [1.82, 2.24) is 25.5 Å². The standard InChI is InChI=1S/C22H19ClF2N6/c1-31(12-4-5-26-9-12)13-6-21-20(27-10-13)3-2-19(29-21)15-11-28-30-22(15)14-7-16(23)18(25)8-17(14)24/h2-3,6-8,10-12,26H,4-5,9H2,1H3,(H,28,30)/t12-/m1/s1. The largest absolute Gasteiger partial charge is 0.369 e. The van der Waals surface area contributed by atoms with E-state index in [-0.39, 0.29) is 10.6 Å². The van der Waals surface area contributed by atoms with Crippen molar-refractivity contribution in [2.75, 3.05) is 25.0 Å². The first-order valence-electron chi connectivity index (χ1n) is 9.90. The Hall–Kier alpha value is -3.10. The first-order chi connectivity index (χ1) is 15.0. The monoisotopic (exact) mass is 440 g/mol. The van der Waals surface area contributed by atoms with Gasteiger partial charge >= 0.3 is 0 Å². The van der Waals surface area contributed by atoms with Gasteiger partial charge in [-0.2, -0.15) is 5.10 Å². The third-order valence-electron chi connectivity index (χ3n) is 5.69. The molecule has 1 atom stereocenters. The lowest BCUT2D eigenvalue weighted by Crippen LogP contribution is -2.33. The third kappa shape index (κ3) is 3.62. The van der Waals surface area contributed by atoms with Gasteiger partial charge in [0.2, 0.25) is 0 Å². The van der Waals surface area contributed by atoms with Gasteiger partial charge in [-0.1, -0.05) is 11.6 Å². The van der Waals surface area contributed by atoms with E-state index in [9.17, 15) is 8.78 Å². The number of anilines is 1. The van der Waals surface area contributed by atoms with E-state index in [2.05, 4.69) is 32.4 Å². The Morgan fingerprint density at radius 3 is 2.77 bits per heavy atom. The molecule has 0 amide bonds. The first-order valence-corrected chi connectivity index (χ1v) is 10.3. The van der Waals surface area contributed by atoms with E-state index in [0.717, 1.165) is 42.3 Å². The Balaban J connectivity index is 1.56. The van der Waals surface area contributed by atoms with Crippen molar-refractivity contribution in [1.29, 1.82) is 0 Å². The summed E-state index contributed by atoms with van der Waals surface area (Å²) in [5.41, 5.74) is 4.05. The van der Waals surface area contributed by atoms with E-state index in [0.29, 0.717) is 23.0 Å². The third-order valence-corrected chi connectivity index (χ3v) is 5.98. The molecule has 1 aliphatic heterocycles. The lowest BCUT2D eigenvalue weighted by atomic mass is 10.0. The molecule has 2 N–H and O–H groups in total. The van der Waals surface area contributed by atoms with Crippen LogP contribution in [-0.4, -0.2) is 46.3 Å². The molecule has 9 heteroatoms. The minimum absolute atomic E-state index is 0.102. The fraction of sp³-hybridized carbons (Fsp3) is 0.227. The van der Waals surface area contributed by atoms with Crippen LogP contribution in [0.5, 0.6) is 0 Å². The summed E-state index contributed by atoms with van der Waals surface area (Å²) in [6, 6.07) is 8.07. The van der Waals surface area contributed by atoms with Gasteiger partial charge in [-0.25, -0.2) is 13.8 Å². The number of hydrogen-bond acceptors (Lipinski definition) is 5. The molecule has 0 saturated carbocycles. The quantitative estimate of drug-likeness (QED) is 0.460. The summed E-state index contributed by atoms with van der Waals surface area (Å²) in [4.78, 5) is 11.5. The Labute approximate surface area is 182 Å². The second-order valence-electron chi connectivity index (χ2n) is 7.58. The molecule has 4 heterocycles.